The third kappa shape index (κ3) is 8.22. The van der Waals surface area contributed by atoms with Crippen LogP contribution in [0.2, 0.25) is 0 Å². The van der Waals surface area contributed by atoms with E-state index in [4.69, 9.17) is 13.9 Å². The first kappa shape index (κ1) is 26.0. The fraction of sp³-hybridized carbons (Fsp3) is 0.267. The van der Waals surface area contributed by atoms with Gasteiger partial charge in [0.15, 0.2) is 5.89 Å². The number of aliphatic carboxylic acids is 1. The highest BCUT2D eigenvalue weighted by atomic mass is 16.5. The molecular formula is C30H32N2O5. The molecule has 0 unspecified atom stereocenters. The molecule has 0 fully saturated rings. The van der Waals surface area contributed by atoms with Gasteiger partial charge >= 0.3 is 5.97 Å². The van der Waals surface area contributed by atoms with Crippen molar-refractivity contribution in [1.82, 2.24) is 9.88 Å². The van der Waals surface area contributed by atoms with Crippen LogP contribution in [0.4, 0.5) is 0 Å². The van der Waals surface area contributed by atoms with Gasteiger partial charge in [-0.2, -0.15) is 0 Å². The molecule has 1 heterocycles. The van der Waals surface area contributed by atoms with Crippen LogP contribution in [0, 0.1) is 13.8 Å². The zero-order chi connectivity index (χ0) is 26.0. The summed E-state index contributed by atoms with van der Waals surface area (Å²) in [4.78, 5) is 17.8. The first-order valence-electron chi connectivity index (χ1n) is 12.4. The van der Waals surface area contributed by atoms with Crippen LogP contribution in [-0.4, -0.2) is 40.7 Å². The highest BCUT2D eigenvalue weighted by molar-refractivity contribution is 5.69. The van der Waals surface area contributed by atoms with Crippen LogP contribution in [0.5, 0.6) is 17.2 Å². The number of aryl methyl sites for hydroxylation is 2. The fourth-order valence-electron chi connectivity index (χ4n) is 4.06. The quantitative estimate of drug-likeness (QED) is 0.247. The molecule has 0 saturated carbocycles. The standard InChI is InChI=1S/C30H32N2O5/c1-22-29(31-23(2)36-22)17-19-35-26-12-8-24(9-13-26)16-18-32(21-30(33)34)20-25-10-14-28(15-11-25)37-27-6-4-3-5-7-27/h3-15H,16-21H2,1-2H3,(H,33,34). The third-order valence-corrected chi connectivity index (χ3v) is 5.91. The van der Waals surface area contributed by atoms with Crippen LogP contribution in [0.1, 0.15) is 28.5 Å². The topological polar surface area (TPSA) is 85.0 Å². The molecule has 0 saturated heterocycles. The molecule has 0 atom stereocenters. The molecule has 0 aliphatic rings. The van der Waals surface area contributed by atoms with Gasteiger partial charge in [0.1, 0.15) is 23.0 Å². The monoisotopic (exact) mass is 500 g/mol. The second-order valence-corrected chi connectivity index (χ2v) is 8.89. The molecule has 7 nitrogen and oxygen atoms in total. The summed E-state index contributed by atoms with van der Waals surface area (Å²) in [5.74, 6) is 2.97. The van der Waals surface area contributed by atoms with Crippen molar-refractivity contribution in [2.75, 3.05) is 19.7 Å². The minimum atomic E-state index is -0.842. The van der Waals surface area contributed by atoms with Crippen molar-refractivity contribution in [3.05, 3.63) is 107 Å². The van der Waals surface area contributed by atoms with Gasteiger partial charge in [-0.1, -0.05) is 42.5 Å². The zero-order valence-electron chi connectivity index (χ0n) is 21.2. The Morgan fingerprint density at radius 1 is 0.865 bits per heavy atom. The van der Waals surface area contributed by atoms with Crippen LogP contribution >= 0.6 is 0 Å². The summed E-state index contributed by atoms with van der Waals surface area (Å²) >= 11 is 0. The lowest BCUT2D eigenvalue weighted by molar-refractivity contribution is -0.138. The van der Waals surface area contributed by atoms with Crippen molar-refractivity contribution in [3.8, 4) is 17.2 Å². The van der Waals surface area contributed by atoms with Gasteiger partial charge in [0.25, 0.3) is 0 Å². The van der Waals surface area contributed by atoms with E-state index in [9.17, 15) is 9.90 Å². The first-order chi connectivity index (χ1) is 17.9. The van der Waals surface area contributed by atoms with Gasteiger partial charge in [-0.25, -0.2) is 4.98 Å². The number of aromatic nitrogens is 1. The molecule has 0 bridgehead atoms. The van der Waals surface area contributed by atoms with Gasteiger partial charge in [-0.3, -0.25) is 9.69 Å². The number of oxazole rings is 1. The minimum absolute atomic E-state index is 0.0234. The Hall–Kier alpha value is -4.10. The Labute approximate surface area is 217 Å². The average molecular weight is 501 g/mol. The molecule has 37 heavy (non-hydrogen) atoms. The number of ether oxygens (including phenoxy) is 2. The second kappa shape index (κ2) is 12.7. The SMILES string of the molecule is Cc1nc(CCOc2ccc(CCN(CC(=O)O)Cc3ccc(Oc4ccccc4)cc3)cc2)c(C)o1. The summed E-state index contributed by atoms with van der Waals surface area (Å²) in [5, 5.41) is 9.40. The number of para-hydroxylation sites is 1. The Morgan fingerprint density at radius 3 is 2.16 bits per heavy atom. The fourth-order valence-corrected chi connectivity index (χ4v) is 4.06. The summed E-state index contributed by atoms with van der Waals surface area (Å²) < 4.78 is 17.2. The number of nitrogens with zero attached hydrogens (tertiary/aromatic N) is 2. The number of hydrogen-bond acceptors (Lipinski definition) is 6. The summed E-state index contributed by atoms with van der Waals surface area (Å²) in [5.41, 5.74) is 3.08. The van der Waals surface area contributed by atoms with Crippen LogP contribution in [0.25, 0.3) is 0 Å². The molecule has 3 aromatic carbocycles. The van der Waals surface area contributed by atoms with E-state index in [2.05, 4.69) is 4.98 Å². The van der Waals surface area contributed by atoms with Gasteiger partial charge in [-0.15, -0.1) is 0 Å². The largest absolute Gasteiger partial charge is 0.493 e. The van der Waals surface area contributed by atoms with Gasteiger partial charge in [0.05, 0.1) is 18.8 Å². The molecule has 0 radical (unpaired) electrons. The van der Waals surface area contributed by atoms with Crippen molar-refractivity contribution < 1.29 is 23.8 Å². The van der Waals surface area contributed by atoms with E-state index in [0.29, 0.717) is 32.0 Å². The van der Waals surface area contributed by atoms with Gasteiger partial charge in [0, 0.05) is 26.4 Å². The smallest absolute Gasteiger partial charge is 0.317 e. The molecule has 0 amide bonds. The Balaban J connectivity index is 1.26. The third-order valence-electron chi connectivity index (χ3n) is 5.91. The molecule has 0 aliphatic carbocycles. The normalized spacial score (nSPS) is 11.0. The number of benzene rings is 3. The molecule has 0 spiro atoms. The second-order valence-electron chi connectivity index (χ2n) is 8.89. The van der Waals surface area contributed by atoms with E-state index in [1.807, 2.05) is 97.6 Å². The molecule has 0 aliphatic heterocycles. The van der Waals surface area contributed by atoms with Crippen LogP contribution < -0.4 is 9.47 Å². The summed E-state index contributed by atoms with van der Waals surface area (Å²) in [6.45, 7) is 5.41. The highest BCUT2D eigenvalue weighted by Gasteiger charge is 2.12. The number of hydrogen-bond donors (Lipinski definition) is 1. The van der Waals surface area contributed by atoms with Crippen molar-refractivity contribution >= 4 is 5.97 Å². The summed E-state index contributed by atoms with van der Waals surface area (Å²) in [7, 11) is 0. The maximum atomic E-state index is 11.4. The van der Waals surface area contributed by atoms with E-state index in [1.54, 1.807) is 0 Å². The van der Waals surface area contributed by atoms with Gasteiger partial charge in [-0.05, 0) is 60.9 Å². The minimum Gasteiger partial charge on any atom is -0.493 e. The number of carboxylic acids is 1. The zero-order valence-corrected chi connectivity index (χ0v) is 21.2. The first-order valence-corrected chi connectivity index (χ1v) is 12.4. The summed E-state index contributed by atoms with van der Waals surface area (Å²) in [6.07, 6.45) is 1.43. The lowest BCUT2D eigenvalue weighted by atomic mass is 10.1. The molecule has 4 rings (SSSR count). The molecule has 1 N–H and O–H groups in total. The predicted octanol–water partition coefficient (Wildman–Crippen LogP) is 5.83. The van der Waals surface area contributed by atoms with Crippen molar-refractivity contribution in [3.63, 3.8) is 0 Å². The number of carboxylic acid groups (broad SMARTS) is 1. The average Bonchev–Trinajstić information content (AvgIpc) is 3.21. The van der Waals surface area contributed by atoms with Crippen molar-refractivity contribution in [2.24, 2.45) is 0 Å². The highest BCUT2D eigenvalue weighted by Crippen LogP contribution is 2.22. The van der Waals surface area contributed by atoms with Crippen LogP contribution in [0.3, 0.4) is 0 Å². The lowest BCUT2D eigenvalue weighted by Gasteiger charge is -2.20. The Bertz CT molecular complexity index is 1270. The van der Waals surface area contributed by atoms with E-state index in [1.165, 1.54) is 0 Å². The number of rotatable bonds is 13. The van der Waals surface area contributed by atoms with E-state index in [-0.39, 0.29) is 6.54 Å². The predicted molar refractivity (Wildman–Crippen MR) is 141 cm³/mol. The van der Waals surface area contributed by atoms with E-state index < -0.39 is 5.97 Å². The van der Waals surface area contributed by atoms with Crippen molar-refractivity contribution in [1.29, 1.82) is 0 Å². The summed E-state index contributed by atoms with van der Waals surface area (Å²) in [6, 6.07) is 25.3. The van der Waals surface area contributed by atoms with E-state index in [0.717, 1.165) is 46.3 Å². The maximum Gasteiger partial charge on any atom is 0.317 e. The Morgan fingerprint density at radius 2 is 1.51 bits per heavy atom. The molecule has 1 aromatic heterocycles. The van der Waals surface area contributed by atoms with Crippen molar-refractivity contribution in [2.45, 2.75) is 33.2 Å². The van der Waals surface area contributed by atoms with Gasteiger partial charge < -0.3 is 19.0 Å². The molecule has 4 aromatic rings. The molecular weight excluding hydrogens is 468 g/mol. The Kier molecular flexibility index (Phi) is 8.94. The molecule has 7 heteroatoms. The van der Waals surface area contributed by atoms with Crippen LogP contribution in [-0.2, 0) is 24.2 Å². The number of carbonyl (C=O) groups is 1. The molecule has 192 valence electrons. The van der Waals surface area contributed by atoms with E-state index >= 15 is 0 Å². The van der Waals surface area contributed by atoms with Gasteiger partial charge in [0.2, 0.25) is 0 Å². The lowest BCUT2D eigenvalue weighted by Crippen LogP contribution is -2.31. The van der Waals surface area contributed by atoms with Crippen LogP contribution in [0.15, 0.2) is 83.3 Å². The maximum absolute atomic E-state index is 11.4.